The lowest BCUT2D eigenvalue weighted by Gasteiger charge is -2.03. The maximum absolute atomic E-state index is 11.1. The van der Waals surface area contributed by atoms with Crippen LogP contribution in [0.1, 0.15) is 39.0 Å². The molecule has 0 saturated heterocycles. The van der Waals surface area contributed by atoms with E-state index in [9.17, 15) is 4.79 Å². The number of carbonyl (C=O) groups excluding carboxylic acids is 1. The standard InChI is InChI=1S/C14H19ClOS/c1-2-12(16)8-4-3-7-11-17-14-10-6-5-9-13(14)15/h5-6,9-10H,2-4,7-8,11H2,1H3. The predicted molar refractivity (Wildman–Crippen MR) is 75.9 cm³/mol. The van der Waals surface area contributed by atoms with Gasteiger partial charge in [0.15, 0.2) is 0 Å². The minimum atomic E-state index is 0.378. The Kier molecular flexibility index (Phi) is 7.38. The largest absolute Gasteiger partial charge is 0.300 e. The van der Waals surface area contributed by atoms with Gasteiger partial charge in [0.1, 0.15) is 5.78 Å². The third kappa shape index (κ3) is 6.13. The molecule has 0 fully saturated rings. The zero-order chi connectivity index (χ0) is 12.5. The Labute approximate surface area is 113 Å². The summed E-state index contributed by atoms with van der Waals surface area (Å²) in [6.45, 7) is 1.93. The van der Waals surface area contributed by atoms with Gasteiger partial charge >= 0.3 is 0 Å². The summed E-state index contributed by atoms with van der Waals surface area (Å²) in [6, 6.07) is 7.92. The van der Waals surface area contributed by atoms with Crippen molar-refractivity contribution in [3.63, 3.8) is 0 Å². The van der Waals surface area contributed by atoms with E-state index in [0.717, 1.165) is 41.4 Å². The van der Waals surface area contributed by atoms with Gasteiger partial charge in [0, 0.05) is 17.7 Å². The van der Waals surface area contributed by atoms with E-state index >= 15 is 0 Å². The molecular weight excluding hydrogens is 252 g/mol. The molecule has 0 saturated carbocycles. The number of thioether (sulfide) groups is 1. The number of ketones is 1. The molecule has 3 heteroatoms. The van der Waals surface area contributed by atoms with Crippen LogP contribution in [0.4, 0.5) is 0 Å². The van der Waals surface area contributed by atoms with Gasteiger partial charge in [-0.3, -0.25) is 4.79 Å². The molecule has 0 aliphatic heterocycles. The van der Waals surface area contributed by atoms with Gasteiger partial charge in [-0.15, -0.1) is 11.8 Å². The van der Waals surface area contributed by atoms with Crippen molar-refractivity contribution in [1.82, 2.24) is 0 Å². The second kappa shape index (κ2) is 8.60. The van der Waals surface area contributed by atoms with Crippen molar-refractivity contribution in [3.05, 3.63) is 29.3 Å². The highest BCUT2D eigenvalue weighted by atomic mass is 35.5. The van der Waals surface area contributed by atoms with Crippen LogP contribution in [0, 0.1) is 0 Å². The predicted octanol–water partition coefficient (Wildman–Crippen LogP) is 4.97. The molecule has 1 aromatic carbocycles. The Morgan fingerprint density at radius 3 is 2.71 bits per heavy atom. The molecule has 0 bridgehead atoms. The molecule has 0 unspecified atom stereocenters. The minimum Gasteiger partial charge on any atom is -0.300 e. The summed E-state index contributed by atoms with van der Waals surface area (Å²) in [6.07, 6.45) is 4.72. The van der Waals surface area contributed by atoms with E-state index in [1.165, 1.54) is 0 Å². The van der Waals surface area contributed by atoms with Crippen molar-refractivity contribution < 1.29 is 4.79 Å². The number of carbonyl (C=O) groups is 1. The smallest absolute Gasteiger partial charge is 0.132 e. The average molecular weight is 271 g/mol. The van der Waals surface area contributed by atoms with Crippen LogP contribution in [0.3, 0.4) is 0 Å². The summed E-state index contributed by atoms with van der Waals surface area (Å²) in [7, 11) is 0. The Balaban J connectivity index is 2.09. The number of hydrogen-bond donors (Lipinski definition) is 0. The number of rotatable bonds is 8. The molecule has 0 radical (unpaired) electrons. The fraction of sp³-hybridized carbons (Fsp3) is 0.500. The van der Waals surface area contributed by atoms with Crippen LogP contribution in [0.2, 0.25) is 5.02 Å². The van der Waals surface area contributed by atoms with Crippen molar-refractivity contribution in [2.24, 2.45) is 0 Å². The zero-order valence-corrected chi connectivity index (χ0v) is 11.8. The van der Waals surface area contributed by atoms with Crippen LogP contribution in [-0.4, -0.2) is 11.5 Å². The maximum Gasteiger partial charge on any atom is 0.132 e. The van der Waals surface area contributed by atoms with E-state index in [-0.39, 0.29) is 0 Å². The van der Waals surface area contributed by atoms with Crippen LogP contribution in [-0.2, 0) is 4.79 Å². The SMILES string of the molecule is CCC(=O)CCCCCSc1ccccc1Cl. The Bertz CT molecular complexity index is 352. The van der Waals surface area contributed by atoms with Crippen LogP contribution in [0.25, 0.3) is 0 Å². The zero-order valence-electron chi connectivity index (χ0n) is 10.2. The Morgan fingerprint density at radius 2 is 2.00 bits per heavy atom. The maximum atomic E-state index is 11.1. The van der Waals surface area contributed by atoms with Gasteiger partial charge in [0.25, 0.3) is 0 Å². The van der Waals surface area contributed by atoms with Gasteiger partial charge in [0.2, 0.25) is 0 Å². The van der Waals surface area contributed by atoms with Crippen LogP contribution >= 0.6 is 23.4 Å². The van der Waals surface area contributed by atoms with E-state index in [1.54, 1.807) is 11.8 Å². The number of Topliss-reactive ketones (excluding diaryl/α,β-unsaturated/α-hetero) is 1. The number of unbranched alkanes of at least 4 members (excludes halogenated alkanes) is 2. The minimum absolute atomic E-state index is 0.378. The molecule has 94 valence electrons. The number of hydrogen-bond acceptors (Lipinski definition) is 2. The summed E-state index contributed by atoms with van der Waals surface area (Å²) in [4.78, 5) is 12.2. The number of benzene rings is 1. The third-order valence-electron chi connectivity index (χ3n) is 2.59. The fourth-order valence-electron chi connectivity index (χ4n) is 1.52. The topological polar surface area (TPSA) is 17.1 Å². The van der Waals surface area contributed by atoms with Crippen molar-refractivity contribution in [2.75, 3.05) is 5.75 Å². The summed E-state index contributed by atoms with van der Waals surface area (Å²) in [5.41, 5.74) is 0. The molecule has 0 amide bonds. The lowest BCUT2D eigenvalue weighted by atomic mass is 10.1. The second-order valence-corrected chi connectivity index (χ2v) is 5.53. The van der Waals surface area contributed by atoms with Crippen LogP contribution in [0.5, 0.6) is 0 Å². The Morgan fingerprint density at radius 1 is 1.24 bits per heavy atom. The molecule has 1 nitrogen and oxygen atoms in total. The van der Waals surface area contributed by atoms with Gasteiger partial charge in [-0.25, -0.2) is 0 Å². The lowest BCUT2D eigenvalue weighted by molar-refractivity contribution is -0.118. The second-order valence-electron chi connectivity index (χ2n) is 3.98. The van der Waals surface area contributed by atoms with Crippen LogP contribution in [0.15, 0.2) is 29.2 Å². The summed E-state index contributed by atoms with van der Waals surface area (Å²) in [5, 5.41) is 0.832. The van der Waals surface area contributed by atoms with E-state index in [1.807, 2.05) is 31.2 Å². The highest BCUT2D eigenvalue weighted by molar-refractivity contribution is 7.99. The van der Waals surface area contributed by atoms with E-state index < -0.39 is 0 Å². The molecule has 0 heterocycles. The monoisotopic (exact) mass is 270 g/mol. The van der Waals surface area contributed by atoms with E-state index in [4.69, 9.17) is 11.6 Å². The van der Waals surface area contributed by atoms with Gasteiger partial charge < -0.3 is 0 Å². The molecule has 0 atom stereocenters. The molecule has 17 heavy (non-hydrogen) atoms. The highest BCUT2D eigenvalue weighted by Crippen LogP contribution is 2.27. The first-order chi connectivity index (χ1) is 8.24. The van der Waals surface area contributed by atoms with Crippen molar-refractivity contribution in [1.29, 1.82) is 0 Å². The van der Waals surface area contributed by atoms with Gasteiger partial charge in [-0.1, -0.05) is 37.1 Å². The first kappa shape index (κ1) is 14.6. The molecule has 1 rings (SSSR count). The summed E-state index contributed by atoms with van der Waals surface area (Å²) < 4.78 is 0. The normalized spacial score (nSPS) is 10.5. The van der Waals surface area contributed by atoms with Gasteiger partial charge in [-0.05, 0) is 30.7 Å². The molecule has 0 N–H and O–H groups in total. The van der Waals surface area contributed by atoms with Crippen molar-refractivity contribution in [2.45, 2.75) is 43.9 Å². The summed E-state index contributed by atoms with van der Waals surface area (Å²) in [5.74, 6) is 1.45. The lowest BCUT2D eigenvalue weighted by Crippen LogP contribution is -1.94. The molecular formula is C14H19ClOS. The third-order valence-corrected chi connectivity index (χ3v) is 4.19. The first-order valence-corrected chi connectivity index (χ1v) is 7.49. The fourth-order valence-corrected chi connectivity index (χ4v) is 2.77. The van der Waals surface area contributed by atoms with Gasteiger partial charge in [-0.2, -0.15) is 0 Å². The molecule has 0 aromatic heterocycles. The van der Waals surface area contributed by atoms with Crippen molar-refractivity contribution in [3.8, 4) is 0 Å². The van der Waals surface area contributed by atoms with Crippen LogP contribution < -0.4 is 0 Å². The molecule has 1 aromatic rings. The summed E-state index contributed by atoms with van der Waals surface area (Å²) >= 11 is 7.85. The quantitative estimate of drug-likeness (QED) is 0.490. The van der Waals surface area contributed by atoms with Gasteiger partial charge in [0.05, 0.1) is 5.02 Å². The first-order valence-electron chi connectivity index (χ1n) is 6.13. The highest BCUT2D eigenvalue weighted by Gasteiger charge is 2.00. The van der Waals surface area contributed by atoms with Crippen molar-refractivity contribution >= 4 is 29.1 Å². The Hall–Kier alpha value is -0.470. The molecule has 0 aliphatic carbocycles. The van der Waals surface area contributed by atoms with E-state index in [2.05, 4.69) is 0 Å². The average Bonchev–Trinajstić information content (AvgIpc) is 2.35. The molecule has 0 spiro atoms. The number of halogens is 1. The molecule has 0 aliphatic rings. The van der Waals surface area contributed by atoms with E-state index in [0.29, 0.717) is 12.2 Å².